The molecule has 0 aromatic heterocycles. The lowest BCUT2D eigenvalue weighted by molar-refractivity contribution is -0.125. The van der Waals surface area contributed by atoms with Crippen LogP contribution >= 0.6 is 0 Å². The Bertz CT molecular complexity index is 678. The van der Waals surface area contributed by atoms with E-state index < -0.39 is 0 Å². The van der Waals surface area contributed by atoms with Gasteiger partial charge in [-0.15, -0.1) is 0 Å². The maximum Gasteiger partial charge on any atom is 0.224 e. The predicted octanol–water partition coefficient (Wildman–Crippen LogP) is 3.56. The van der Waals surface area contributed by atoms with Crippen molar-refractivity contribution in [3.05, 3.63) is 78.4 Å². The van der Waals surface area contributed by atoms with Crippen molar-refractivity contribution in [2.45, 2.75) is 6.92 Å². The van der Waals surface area contributed by atoms with E-state index in [-0.39, 0.29) is 5.91 Å². The molecule has 2 aromatic carbocycles. The molecule has 0 atom stereocenters. The highest BCUT2D eigenvalue weighted by Gasteiger charge is 2.12. The number of hydrogen-bond donors (Lipinski definition) is 0. The monoisotopic (exact) mass is 275 g/mol. The van der Waals surface area contributed by atoms with Gasteiger partial charge in [-0.1, -0.05) is 67.0 Å². The van der Waals surface area contributed by atoms with Crippen LogP contribution in [0.1, 0.15) is 18.1 Å². The summed E-state index contributed by atoms with van der Waals surface area (Å²) in [7, 11) is 0. The summed E-state index contributed by atoms with van der Waals surface area (Å²) < 4.78 is 0. The van der Waals surface area contributed by atoms with Gasteiger partial charge in [0.05, 0.1) is 6.54 Å². The number of nitrogens with zero attached hydrogens (tertiary/aromatic N) is 1. The van der Waals surface area contributed by atoms with E-state index in [1.54, 1.807) is 4.90 Å². The van der Waals surface area contributed by atoms with Crippen LogP contribution in [0.25, 0.3) is 5.70 Å². The number of carbonyl (C=O) groups excluding carboxylic acids is 1. The van der Waals surface area contributed by atoms with Gasteiger partial charge in [-0.25, -0.2) is 0 Å². The number of benzene rings is 2. The maximum atomic E-state index is 11.8. The molecule has 0 saturated heterocycles. The minimum Gasteiger partial charge on any atom is -0.301 e. The Hall–Kier alpha value is -2.79. The van der Waals surface area contributed by atoms with E-state index in [0.29, 0.717) is 12.2 Å². The van der Waals surface area contributed by atoms with Crippen LogP contribution in [0.4, 0.5) is 0 Å². The van der Waals surface area contributed by atoms with Crippen molar-refractivity contribution in [3.8, 4) is 11.8 Å². The van der Waals surface area contributed by atoms with Crippen molar-refractivity contribution in [1.82, 2.24) is 4.90 Å². The van der Waals surface area contributed by atoms with Gasteiger partial charge >= 0.3 is 0 Å². The van der Waals surface area contributed by atoms with E-state index in [4.69, 9.17) is 0 Å². The predicted molar refractivity (Wildman–Crippen MR) is 86.2 cm³/mol. The summed E-state index contributed by atoms with van der Waals surface area (Å²) in [6.07, 6.45) is 0. The molecule has 0 aliphatic rings. The molecule has 0 saturated carbocycles. The fourth-order valence-electron chi connectivity index (χ4n) is 1.93. The zero-order valence-electron chi connectivity index (χ0n) is 12.0. The average Bonchev–Trinajstić information content (AvgIpc) is 2.52. The lowest BCUT2D eigenvalue weighted by Gasteiger charge is -2.21. The molecule has 0 fully saturated rings. The van der Waals surface area contributed by atoms with Gasteiger partial charge in [-0.05, 0) is 17.7 Å². The van der Waals surface area contributed by atoms with Crippen molar-refractivity contribution < 1.29 is 4.79 Å². The van der Waals surface area contributed by atoms with Crippen molar-refractivity contribution in [2.75, 3.05) is 6.54 Å². The molecule has 0 aliphatic carbocycles. The van der Waals surface area contributed by atoms with Crippen LogP contribution in [-0.4, -0.2) is 17.4 Å². The number of hydrogen-bond acceptors (Lipinski definition) is 1. The molecule has 2 nitrogen and oxygen atoms in total. The van der Waals surface area contributed by atoms with Crippen LogP contribution in [0, 0.1) is 11.8 Å². The zero-order valence-corrected chi connectivity index (χ0v) is 12.0. The molecular formula is C19H17NO. The van der Waals surface area contributed by atoms with E-state index in [1.807, 2.05) is 60.7 Å². The summed E-state index contributed by atoms with van der Waals surface area (Å²) in [5.41, 5.74) is 2.53. The molecule has 0 unspecified atom stereocenters. The molecule has 0 heterocycles. The highest BCUT2D eigenvalue weighted by atomic mass is 16.2. The maximum absolute atomic E-state index is 11.8. The molecule has 2 rings (SSSR count). The average molecular weight is 275 g/mol. The lowest BCUT2D eigenvalue weighted by Crippen LogP contribution is -2.27. The second-order valence-corrected chi connectivity index (χ2v) is 4.59. The Morgan fingerprint density at radius 2 is 1.62 bits per heavy atom. The molecule has 0 N–H and O–H groups in total. The first kappa shape index (κ1) is 14.6. The molecule has 0 bridgehead atoms. The Balaban J connectivity index is 2.12. The van der Waals surface area contributed by atoms with Gasteiger partial charge < -0.3 is 4.90 Å². The molecule has 104 valence electrons. The Morgan fingerprint density at radius 1 is 1.05 bits per heavy atom. The van der Waals surface area contributed by atoms with Crippen LogP contribution in [0.2, 0.25) is 0 Å². The van der Waals surface area contributed by atoms with Gasteiger partial charge in [-0.2, -0.15) is 0 Å². The summed E-state index contributed by atoms with van der Waals surface area (Å²) >= 11 is 0. The molecule has 2 aromatic rings. The minimum absolute atomic E-state index is 0.0637. The lowest BCUT2D eigenvalue weighted by atomic mass is 10.1. The molecule has 0 radical (unpaired) electrons. The Kier molecular flexibility index (Phi) is 4.95. The Labute approximate surface area is 125 Å². The van der Waals surface area contributed by atoms with Crippen molar-refractivity contribution >= 4 is 11.6 Å². The van der Waals surface area contributed by atoms with E-state index >= 15 is 0 Å². The molecule has 2 heteroatoms. The third kappa shape index (κ3) is 4.09. The largest absolute Gasteiger partial charge is 0.301 e. The van der Waals surface area contributed by atoms with Crippen molar-refractivity contribution in [3.63, 3.8) is 0 Å². The fourth-order valence-corrected chi connectivity index (χ4v) is 1.93. The fraction of sp³-hybridized carbons (Fsp3) is 0.105. The van der Waals surface area contributed by atoms with Crippen LogP contribution in [0.5, 0.6) is 0 Å². The third-order valence-corrected chi connectivity index (χ3v) is 3.06. The number of amides is 1. The molecule has 0 spiro atoms. The second kappa shape index (κ2) is 7.12. The van der Waals surface area contributed by atoms with Gasteiger partial charge in [0.1, 0.15) is 0 Å². The van der Waals surface area contributed by atoms with Gasteiger partial charge in [0, 0.05) is 18.2 Å². The van der Waals surface area contributed by atoms with E-state index in [0.717, 1.165) is 11.1 Å². The third-order valence-electron chi connectivity index (χ3n) is 3.06. The summed E-state index contributed by atoms with van der Waals surface area (Å²) in [6, 6.07) is 19.4. The SMILES string of the molecule is C=C(c1ccccc1)N(CC#Cc1ccccc1)C(C)=O. The van der Waals surface area contributed by atoms with Gasteiger partial charge in [0.2, 0.25) is 5.91 Å². The number of rotatable bonds is 3. The van der Waals surface area contributed by atoms with E-state index in [9.17, 15) is 4.79 Å². The first-order valence-corrected chi connectivity index (χ1v) is 6.75. The topological polar surface area (TPSA) is 20.3 Å². The summed E-state index contributed by atoms with van der Waals surface area (Å²) in [6.45, 7) is 5.87. The highest BCUT2D eigenvalue weighted by Crippen LogP contribution is 2.16. The van der Waals surface area contributed by atoms with Crippen molar-refractivity contribution in [1.29, 1.82) is 0 Å². The minimum atomic E-state index is -0.0637. The van der Waals surface area contributed by atoms with Crippen LogP contribution in [-0.2, 0) is 4.79 Å². The standard InChI is InChI=1S/C19H17NO/c1-16(19-13-7-4-8-14-19)20(17(2)21)15-9-12-18-10-5-3-6-11-18/h3-8,10-11,13-14H,1,15H2,2H3. The first-order chi connectivity index (χ1) is 10.2. The molecule has 0 aliphatic heterocycles. The van der Waals surface area contributed by atoms with Gasteiger partial charge in [0.15, 0.2) is 0 Å². The highest BCUT2D eigenvalue weighted by molar-refractivity contribution is 5.84. The summed E-state index contributed by atoms with van der Waals surface area (Å²) in [4.78, 5) is 13.4. The smallest absolute Gasteiger partial charge is 0.224 e. The van der Waals surface area contributed by atoms with Gasteiger partial charge in [0.25, 0.3) is 0 Å². The summed E-state index contributed by atoms with van der Waals surface area (Å²) in [5.74, 6) is 6.02. The zero-order chi connectivity index (χ0) is 15.1. The first-order valence-electron chi connectivity index (χ1n) is 6.75. The molecule has 21 heavy (non-hydrogen) atoms. The molecular weight excluding hydrogens is 258 g/mol. The second-order valence-electron chi connectivity index (χ2n) is 4.59. The van der Waals surface area contributed by atoms with Crippen LogP contribution in [0.3, 0.4) is 0 Å². The van der Waals surface area contributed by atoms with E-state index in [2.05, 4.69) is 18.4 Å². The van der Waals surface area contributed by atoms with E-state index in [1.165, 1.54) is 6.92 Å². The Morgan fingerprint density at radius 3 is 2.19 bits per heavy atom. The van der Waals surface area contributed by atoms with Gasteiger partial charge in [-0.3, -0.25) is 4.79 Å². The van der Waals surface area contributed by atoms with Crippen LogP contribution in [0.15, 0.2) is 67.2 Å². The van der Waals surface area contributed by atoms with Crippen molar-refractivity contribution in [2.24, 2.45) is 0 Å². The normalized spacial score (nSPS) is 9.38. The van der Waals surface area contributed by atoms with Crippen LogP contribution < -0.4 is 0 Å². The molecule has 1 amide bonds. The quantitative estimate of drug-likeness (QED) is 0.784. The number of carbonyl (C=O) groups is 1. The summed E-state index contributed by atoms with van der Waals surface area (Å²) in [5, 5.41) is 0.